The van der Waals surface area contributed by atoms with Crippen LogP contribution in [-0.4, -0.2) is 61.6 Å². The van der Waals surface area contributed by atoms with Crippen LogP contribution >= 0.6 is 0 Å². The van der Waals surface area contributed by atoms with Gasteiger partial charge in [0.15, 0.2) is 5.96 Å². The Morgan fingerprint density at radius 3 is 2.68 bits per heavy atom. The standard InChI is InChI=1S/C22H34N4O2/c1-3-23-22(25(2)13-14-28-17-20-10-11-20)24-15-18-6-8-19(9-7-18)16-26-12-4-5-21(26)27/h6-9,20H,3-5,10-17H2,1-2H3,(H,23,24). The van der Waals surface area contributed by atoms with Gasteiger partial charge in [0, 0.05) is 46.3 Å². The summed E-state index contributed by atoms with van der Waals surface area (Å²) >= 11 is 0. The van der Waals surface area contributed by atoms with Crippen LogP contribution < -0.4 is 5.32 Å². The van der Waals surface area contributed by atoms with Crippen LogP contribution in [0.4, 0.5) is 0 Å². The van der Waals surface area contributed by atoms with Crippen molar-refractivity contribution in [1.82, 2.24) is 15.1 Å². The summed E-state index contributed by atoms with van der Waals surface area (Å²) in [5.74, 6) is 1.98. The smallest absolute Gasteiger partial charge is 0.222 e. The number of nitrogens with one attached hydrogen (secondary N) is 1. The molecule has 0 bridgehead atoms. The lowest BCUT2D eigenvalue weighted by Gasteiger charge is -2.22. The first-order chi connectivity index (χ1) is 13.7. The van der Waals surface area contributed by atoms with Gasteiger partial charge in [-0.1, -0.05) is 24.3 Å². The lowest BCUT2D eigenvalue weighted by Crippen LogP contribution is -2.40. The van der Waals surface area contributed by atoms with Crippen molar-refractivity contribution in [3.05, 3.63) is 35.4 Å². The van der Waals surface area contributed by atoms with Crippen molar-refractivity contribution in [3.63, 3.8) is 0 Å². The van der Waals surface area contributed by atoms with Crippen LogP contribution in [0.15, 0.2) is 29.3 Å². The van der Waals surface area contributed by atoms with Gasteiger partial charge in [-0.15, -0.1) is 0 Å². The maximum Gasteiger partial charge on any atom is 0.222 e. The number of nitrogens with zero attached hydrogens (tertiary/aromatic N) is 3. The van der Waals surface area contributed by atoms with Gasteiger partial charge in [-0.2, -0.15) is 0 Å². The molecule has 6 nitrogen and oxygen atoms in total. The van der Waals surface area contributed by atoms with Crippen molar-refractivity contribution in [3.8, 4) is 0 Å². The van der Waals surface area contributed by atoms with Crippen molar-refractivity contribution in [2.75, 3.05) is 39.9 Å². The quantitative estimate of drug-likeness (QED) is 0.382. The van der Waals surface area contributed by atoms with Crippen LogP contribution in [-0.2, 0) is 22.6 Å². The van der Waals surface area contributed by atoms with E-state index in [-0.39, 0.29) is 5.91 Å². The van der Waals surface area contributed by atoms with Gasteiger partial charge in [0.05, 0.1) is 13.2 Å². The van der Waals surface area contributed by atoms with Crippen LogP contribution in [0.25, 0.3) is 0 Å². The van der Waals surface area contributed by atoms with E-state index < -0.39 is 0 Å². The average Bonchev–Trinajstić information content (AvgIpc) is 3.45. The predicted octanol–water partition coefficient (Wildman–Crippen LogP) is 2.63. The summed E-state index contributed by atoms with van der Waals surface area (Å²) in [6, 6.07) is 8.45. The van der Waals surface area contributed by atoms with E-state index in [9.17, 15) is 4.79 Å². The lowest BCUT2D eigenvalue weighted by molar-refractivity contribution is -0.128. The van der Waals surface area contributed by atoms with Crippen molar-refractivity contribution in [1.29, 1.82) is 0 Å². The number of ether oxygens (including phenoxy) is 1. The van der Waals surface area contributed by atoms with Crippen LogP contribution in [0.1, 0.15) is 43.7 Å². The molecule has 1 saturated heterocycles. The Balaban J connectivity index is 1.47. The van der Waals surface area contributed by atoms with E-state index in [4.69, 9.17) is 9.73 Å². The molecule has 1 aliphatic carbocycles. The molecule has 2 fully saturated rings. The van der Waals surface area contributed by atoms with Crippen molar-refractivity contribution < 1.29 is 9.53 Å². The Morgan fingerprint density at radius 1 is 1.29 bits per heavy atom. The number of carbonyl (C=O) groups excluding carboxylic acids is 1. The van der Waals surface area contributed by atoms with Crippen molar-refractivity contribution >= 4 is 11.9 Å². The molecule has 1 N–H and O–H groups in total. The molecule has 1 aromatic rings. The van der Waals surface area contributed by atoms with Gasteiger partial charge in [0.2, 0.25) is 5.91 Å². The second kappa shape index (κ2) is 10.5. The maximum absolute atomic E-state index is 11.8. The highest BCUT2D eigenvalue weighted by Crippen LogP contribution is 2.28. The Labute approximate surface area is 168 Å². The zero-order valence-electron chi connectivity index (χ0n) is 17.3. The second-order valence-electron chi connectivity index (χ2n) is 7.85. The molecule has 2 aliphatic rings. The first-order valence-electron chi connectivity index (χ1n) is 10.6. The summed E-state index contributed by atoms with van der Waals surface area (Å²) in [5, 5.41) is 3.36. The molecule has 28 heavy (non-hydrogen) atoms. The Bertz CT molecular complexity index is 655. The molecule has 0 unspecified atom stereocenters. The number of guanidine groups is 1. The summed E-state index contributed by atoms with van der Waals surface area (Å²) in [7, 11) is 2.05. The van der Waals surface area contributed by atoms with Crippen molar-refractivity contribution in [2.45, 2.75) is 45.7 Å². The maximum atomic E-state index is 11.8. The highest BCUT2D eigenvalue weighted by molar-refractivity contribution is 5.79. The minimum atomic E-state index is 0.271. The zero-order chi connectivity index (χ0) is 19.8. The third kappa shape index (κ3) is 6.51. The second-order valence-corrected chi connectivity index (χ2v) is 7.85. The van der Waals surface area contributed by atoms with Gasteiger partial charge >= 0.3 is 0 Å². The minimum Gasteiger partial charge on any atom is -0.379 e. The lowest BCUT2D eigenvalue weighted by atomic mass is 10.1. The molecule has 0 radical (unpaired) electrons. The normalized spacial score (nSPS) is 17.3. The zero-order valence-corrected chi connectivity index (χ0v) is 17.3. The fourth-order valence-corrected chi connectivity index (χ4v) is 3.32. The van der Waals surface area contributed by atoms with Crippen LogP contribution in [0.5, 0.6) is 0 Å². The Kier molecular flexibility index (Phi) is 7.71. The van der Waals surface area contributed by atoms with Crippen LogP contribution in [0.2, 0.25) is 0 Å². The molecule has 1 heterocycles. The third-order valence-corrected chi connectivity index (χ3v) is 5.30. The van der Waals surface area contributed by atoms with E-state index in [1.165, 1.54) is 24.0 Å². The first kappa shape index (κ1) is 20.6. The van der Waals surface area contributed by atoms with Gasteiger partial charge in [0.1, 0.15) is 0 Å². The van der Waals surface area contributed by atoms with E-state index >= 15 is 0 Å². The molecule has 0 aromatic heterocycles. The molecule has 3 rings (SSSR count). The number of carbonyl (C=O) groups is 1. The first-order valence-corrected chi connectivity index (χ1v) is 10.6. The summed E-state index contributed by atoms with van der Waals surface area (Å²) in [6.07, 6.45) is 4.33. The van der Waals surface area contributed by atoms with Gasteiger partial charge in [-0.25, -0.2) is 4.99 Å². The Hall–Kier alpha value is -2.08. The molecule has 6 heteroatoms. The fraction of sp³-hybridized carbons (Fsp3) is 0.636. The topological polar surface area (TPSA) is 57.2 Å². The highest BCUT2D eigenvalue weighted by Gasteiger charge is 2.21. The van der Waals surface area contributed by atoms with Gasteiger partial charge in [0.25, 0.3) is 0 Å². The number of rotatable bonds is 10. The molecule has 1 aliphatic heterocycles. The van der Waals surface area contributed by atoms with E-state index in [1.807, 2.05) is 4.90 Å². The number of likely N-dealkylation sites (N-methyl/N-ethyl adjacent to an activating group) is 1. The molecule has 154 valence electrons. The average molecular weight is 387 g/mol. The summed E-state index contributed by atoms with van der Waals surface area (Å²) in [4.78, 5) is 20.6. The van der Waals surface area contributed by atoms with E-state index in [0.717, 1.165) is 51.1 Å². The largest absolute Gasteiger partial charge is 0.379 e. The number of amides is 1. The number of aliphatic imine (C=N–C) groups is 1. The van der Waals surface area contributed by atoms with Gasteiger partial charge in [-0.05, 0) is 43.2 Å². The van der Waals surface area contributed by atoms with Gasteiger partial charge < -0.3 is 19.9 Å². The van der Waals surface area contributed by atoms with E-state index in [1.54, 1.807) is 0 Å². The molecule has 1 saturated carbocycles. The predicted molar refractivity (Wildman–Crippen MR) is 112 cm³/mol. The third-order valence-electron chi connectivity index (χ3n) is 5.30. The van der Waals surface area contributed by atoms with Crippen LogP contribution in [0.3, 0.4) is 0 Å². The number of hydrogen-bond donors (Lipinski definition) is 1. The minimum absolute atomic E-state index is 0.271. The van der Waals surface area contributed by atoms with Crippen LogP contribution in [0, 0.1) is 5.92 Å². The number of hydrogen-bond acceptors (Lipinski definition) is 3. The van der Waals surface area contributed by atoms with E-state index in [0.29, 0.717) is 19.5 Å². The molecule has 0 atom stereocenters. The highest BCUT2D eigenvalue weighted by atomic mass is 16.5. The summed E-state index contributed by atoms with van der Waals surface area (Å²) in [5.41, 5.74) is 2.35. The molecule has 0 spiro atoms. The molecule has 1 amide bonds. The monoisotopic (exact) mass is 386 g/mol. The SMILES string of the molecule is CCNC(=NCc1ccc(CN2CCCC2=O)cc1)N(C)CCOCC1CC1. The molecular weight excluding hydrogens is 352 g/mol. The summed E-state index contributed by atoms with van der Waals surface area (Å²) < 4.78 is 5.74. The molecular formula is C22H34N4O2. The molecule has 1 aromatic carbocycles. The number of benzene rings is 1. The fourth-order valence-electron chi connectivity index (χ4n) is 3.32. The van der Waals surface area contributed by atoms with E-state index in [2.05, 4.69) is 48.5 Å². The number of likely N-dealkylation sites (tertiary alicyclic amines) is 1. The summed E-state index contributed by atoms with van der Waals surface area (Å²) in [6.45, 7) is 7.64. The Morgan fingerprint density at radius 2 is 2.04 bits per heavy atom. The van der Waals surface area contributed by atoms with Crippen molar-refractivity contribution in [2.24, 2.45) is 10.9 Å². The van der Waals surface area contributed by atoms with Gasteiger partial charge in [-0.3, -0.25) is 4.79 Å².